The molecule has 1 unspecified atom stereocenters. The van der Waals surface area contributed by atoms with E-state index in [9.17, 15) is 8.42 Å². The lowest BCUT2D eigenvalue weighted by Gasteiger charge is -2.23. The standard InChI is InChI=1S/C14H31N3O3S.HI/c1-7-15-13(17-12(2)10-20-5)16-11-14(3,4)8-9-21(6,18)19;/h12H,7-11H2,1-6H3,(H2,15,16,17);1H. The Hall–Kier alpha value is -0.0900. The molecule has 1 atom stereocenters. The molecule has 0 fully saturated rings. The topological polar surface area (TPSA) is 79.8 Å². The van der Waals surface area contributed by atoms with E-state index in [2.05, 4.69) is 15.6 Å². The average Bonchev–Trinajstić information content (AvgIpc) is 2.34. The van der Waals surface area contributed by atoms with Crippen molar-refractivity contribution >= 4 is 39.8 Å². The van der Waals surface area contributed by atoms with Gasteiger partial charge in [0.25, 0.3) is 0 Å². The third-order valence-electron chi connectivity index (χ3n) is 2.96. The number of hydrogen-bond acceptors (Lipinski definition) is 4. The molecule has 0 aromatic heterocycles. The smallest absolute Gasteiger partial charge is 0.191 e. The lowest BCUT2D eigenvalue weighted by Crippen LogP contribution is -2.44. The zero-order valence-corrected chi connectivity index (χ0v) is 17.7. The van der Waals surface area contributed by atoms with Gasteiger partial charge in [0.2, 0.25) is 0 Å². The summed E-state index contributed by atoms with van der Waals surface area (Å²) in [5.41, 5.74) is -0.157. The minimum Gasteiger partial charge on any atom is -0.383 e. The van der Waals surface area contributed by atoms with Crippen LogP contribution >= 0.6 is 24.0 Å². The predicted octanol–water partition coefficient (Wildman–Crippen LogP) is 1.66. The molecule has 6 nitrogen and oxygen atoms in total. The summed E-state index contributed by atoms with van der Waals surface area (Å²) in [5.74, 6) is 0.925. The number of halogens is 1. The minimum absolute atomic E-state index is 0. The second-order valence-electron chi connectivity index (χ2n) is 6.24. The van der Waals surface area contributed by atoms with Crippen molar-refractivity contribution in [1.29, 1.82) is 0 Å². The summed E-state index contributed by atoms with van der Waals surface area (Å²) in [6.07, 6.45) is 1.87. The molecule has 0 aliphatic heterocycles. The molecule has 0 amide bonds. The summed E-state index contributed by atoms with van der Waals surface area (Å²) in [6, 6.07) is 0.159. The van der Waals surface area contributed by atoms with Crippen LogP contribution in [0.4, 0.5) is 0 Å². The molecule has 0 saturated carbocycles. The van der Waals surface area contributed by atoms with E-state index >= 15 is 0 Å². The fraction of sp³-hybridized carbons (Fsp3) is 0.929. The van der Waals surface area contributed by atoms with Crippen LogP contribution in [0.2, 0.25) is 0 Å². The van der Waals surface area contributed by atoms with Crippen molar-refractivity contribution in [3.8, 4) is 0 Å². The number of nitrogens with one attached hydrogen (secondary N) is 2. The van der Waals surface area contributed by atoms with E-state index in [1.165, 1.54) is 6.26 Å². The molecule has 0 rings (SSSR count). The summed E-state index contributed by atoms with van der Waals surface area (Å²) < 4.78 is 27.6. The highest BCUT2D eigenvalue weighted by Crippen LogP contribution is 2.21. The molecule has 0 radical (unpaired) electrons. The normalized spacial score (nSPS) is 14.2. The quantitative estimate of drug-likeness (QED) is 0.318. The van der Waals surface area contributed by atoms with E-state index in [4.69, 9.17) is 4.74 Å². The number of sulfone groups is 1. The van der Waals surface area contributed by atoms with Gasteiger partial charge in [-0.05, 0) is 25.7 Å². The van der Waals surface area contributed by atoms with Crippen molar-refractivity contribution < 1.29 is 13.2 Å². The van der Waals surface area contributed by atoms with E-state index in [0.717, 1.165) is 12.5 Å². The maximum atomic E-state index is 11.3. The summed E-state index contributed by atoms with van der Waals surface area (Å²) >= 11 is 0. The molecule has 0 bridgehead atoms. The van der Waals surface area contributed by atoms with Crippen LogP contribution in [-0.4, -0.2) is 59.2 Å². The van der Waals surface area contributed by atoms with Gasteiger partial charge in [0, 0.05) is 32.5 Å². The summed E-state index contributed by atoms with van der Waals surface area (Å²) in [5, 5.41) is 6.44. The fourth-order valence-corrected chi connectivity index (χ4v) is 2.60. The Morgan fingerprint density at radius 3 is 2.41 bits per heavy atom. The summed E-state index contributed by atoms with van der Waals surface area (Å²) in [7, 11) is -1.27. The molecular formula is C14H32IN3O3S. The predicted molar refractivity (Wildman–Crippen MR) is 104 cm³/mol. The summed E-state index contributed by atoms with van der Waals surface area (Å²) in [6.45, 7) is 10.0. The number of nitrogens with zero attached hydrogens (tertiary/aromatic N) is 1. The first-order valence-corrected chi connectivity index (χ1v) is 9.37. The van der Waals surface area contributed by atoms with Crippen molar-refractivity contribution in [3.63, 3.8) is 0 Å². The first kappa shape index (κ1) is 24.2. The van der Waals surface area contributed by atoms with E-state index in [0.29, 0.717) is 19.6 Å². The van der Waals surface area contributed by atoms with Crippen LogP contribution in [0.5, 0.6) is 0 Å². The van der Waals surface area contributed by atoms with Crippen LogP contribution in [0.25, 0.3) is 0 Å². The second kappa shape index (κ2) is 11.4. The maximum absolute atomic E-state index is 11.3. The highest BCUT2D eigenvalue weighted by Gasteiger charge is 2.20. The van der Waals surface area contributed by atoms with Crippen molar-refractivity contribution in [1.82, 2.24) is 10.6 Å². The summed E-state index contributed by atoms with van der Waals surface area (Å²) in [4.78, 5) is 4.55. The van der Waals surface area contributed by atoms with Gasteiger partial charge >= 0.3 is 0 Å². The van der Waals surface area contributed by atoms with Gasteiger partial charge < -0.3 is 15.4 Å². The van der Waals surface area contributed by atoms with E-state index in [-0.39, 0.29) is 41.2 Å². The van der Waals surface area contributed by atoms with Gasteiger partial charge in [-0.3, -0.25) is 4.99 Å². The van der Waals surface area contributed by atoms with Gasteiger partial charge in [-0.25, -0.2) is 8.42 Å². The highest BCUT2D eigenvalue weighted by atomic mass is 127. The molecule has 2 N–H and O–H groups in total. The minimum atomic E-state index is -2.93. The lowest BCUT2D eigenvalue weighted by molar-refractivity contribution is 0.179. The van der Waals surface area contributed by atoms with Crippen LogP contribution in [0.3, 0.4) is 0 Å². The van der Waals surface area contributed by atoms with Crippen molar-refractivity contribution in [2.24, 2.45) is 10.4 Å². The van der Waals surface area contributed by atoms with Crippen LogP contribution < -0.4 is 10.6 Å². The first-order chi connectivity index (χ1) is 9.59. The zero-order valence-electron chi connectivity index (χ0n) is 14.6. The van der Waals surface area contributed by atoms with Gasteiger partial charge in [-0.15, -0.1) is 24.0 Å². The van der Waals surface area contributed by atoms with Crippen LogP contribution in [0.1, 0.15) is 34.1 Å². The highest BCUT2D eigenvalue weighted by molar-refractivity contribution is 14.0. The van der Waals surface area contributed by atoms with Gasteiger partial charge in [-0.1, -0.05) is 13.8 Å². The van der Waals surface area contributed by atoms with E-state index in [1.807, 2.05) is 27.7 Å². The molecule has 0 aliphatic rings. The fourth-order valence-electron chi connectivity index (χ4n) is 1.68. The van der Waals surface area contributed by atoms with Gasteiger partial charge in [0.05, 0.1) is 12.4 Å². The van der Waals surface area contributed by atoms with Crippen molar-refractivity contribution in [3.05, 3.63) is 0 Å². The Kier molecular flexibility index (Phi) is 12.6. The average molecular weight is 449 g/mol. The van der Waals surface area contributed by atoms with Gasteiger partial charge in [-0.2, -0.15) is 0 Å². The SMILES string of the molecule is CCNC(=NCC(C)(C)CCS(C)(=O)=O)NC(C)COC.I. The van der Waals surface area contributed by atoms with Crippen LogP contribution in [-0.2, 0) is 14.6 Å². The third-order valence-corrected chi connectivity index (χ3v) is 3.90. The van der Waals surface area contributed by atoms with E-state index in [1.54, 1.807) is 7.11 Å². The Bertz CT molecular complexity index is 425. The molecule has 0 aromatic carbocycles. The van der Waals surface area contributed by atoms with E-state index < -0.39 is 9.84 Å². The molecule has 8 heteroatoms. The van der Waals surface area contributed by atoms with Crippen LogP contribution in [0, 0.1) is 5.41 Å². The largest absolute Gasteiger partial charge is 0.383 e. The third kappa shape index (κ3) is 13.6. The van der Waals surface area contributed by atoms with Gasteiger partial charge in [0.1, 0.15) is 9.84 Å². The maximum Gasteiger partial charge on any atom is 0.191 e. The molecule has 0 aromatic rings. The van der Waals surface area contributed by atoms with Crippen LogP contribution in [0.15, 0.2) is 4.99 Å². The Labute approximate surface area is 152 Å². The molecule has 0 spiro atoms. The number of ether oxygens (including phenoxy) is 1. The molecule has 0 saturated heterocycles. The molecule has 0 aliphatic carbocycles. The zero-order chi connectivity index (χ0) is 16.5. The number of hydrogen-bond donors (Lipinski definition) is 2. The number of methoxy groups -OCH3 is 1. The molecule has 22 heavy (non-hydrogen) atoms. The van der Waals surface area contributed by atoms with Crippen molar-refractivity contribution in [2.75, 3.05) is 38.8 Å². The Morgan fingerprint density at radius 1 is 1.36 bits per heavy atom. The molecule has 134 valence electrons. The molecule has 0 heterocycles. The molecular weight excluding hydrogens is 417 g/mol. The van der Waals surface area contributed by atoms with Crippen molar-refractivity contribution in [2.45, 2.75) is 40.2 Å². The number of rotatable bonds is 9. The second-order valence-corrected chi connectivity index (χ2v) is 8.50. The number of guanidine groups is 1. The Morgan fingerprint density at radius 2 is 1.95 bits per heavy atom. The Balaban J connectivity index is 0. The lowest BCUT2D eigenvalue weighted by atomic mass is 9.90. The first-order valence-electron chi connectivity index (χ1n) is 7.31. The monoisotopic (exact) mass is 449 g/mol. The number of aliphatic imine (C=N–C) groups is 1. The van der Waals surface area contributed by atoms with Gasteiger partial charge in [0.15, 0.2) is 5.96 Å².